The van der Waals surface area contributed by atoms with E-state index in [2.05, 4.69) is 12.1 Å². The summed E-state index contributed by atoms with van der Waals surface area (Å²) in [6, 6.07) is 9.56. The summed E-state index contributed by atoms with van der Waals surface area (Å²) in [6.45, 7) is 5.89. The van der Waals surface area contributed by atoms with Crippen LogP contribution in [-0.4, -0.2) is 40.3 Å². The van der Waals surface area contributed by atoms with Crippen molar-refractivity contribution in [1.82, 2.24) is 4.90 Å². The molecule has 2 unspecified atom stereocenters. The van der Waals surface area contributed by atoms with Crippen LogP contribution in [-0.2, 0) is 16.0 Å². The predicted octanol–water partition coefficient (Wildman–Crippen LogP) is 3.58. The van der Waals surface area contributed by atoms with Crippen molar-refractivity contribution in [1.29, 1.82) is 0 Å². The monoisotopic (exact) mass is 345 g/mol. The molecule has 4 atom stereocenters. The van der Waals surface area contributed by atoms with Crippen molar-refractivity contribution < 1.29 is 19.4 Å². The lowest BCUT2D eigenvalue weighted by atomic mass is 9.93. The zero-order valence-corrected chi connectivity index (χ0v) is 15.1. The Morgan fingerprint density at radius 2 is 1.88 bits per heavy atom. The summed E-state index contributed by atoms with van der Waals surface area (Å²) in [7, 11) is 0. The summed E-state index contributed by atoms with van der Waals surface area (Å²) in [5.41, 5.74) is 0.677. The van der Waals surface area contributed by atoms with Crippen molar-refractivity contribution >= 4 is 12.1 Å². The first kappa shape index (κ1) is 17.8. The van der Waals surface area contributed by atoms with Gasteiger partial charge in [0.05, 0.1) is 0 Å². The van der Waals surface area contributed by atoms with Crippen molar-refractivity contribution in [3.05, 3.63) is 35.9 Å². The van der Waals surface area contributed by atoms with Crippen LogP contribution in [0, 0.1) is 17.8 Å². The third-order valence-corrected chi connectivity index (χ3v) is 5.27. The van der Waals surface area contributed by atoms with Crippen LogP contribution < -0.4 is 0 Å². The van der Waals surface area contributed by atoms with Gasteiger partial charge in [0.25, 0.3) is 0 Å². The van der Waals surface area contributed by atoms with Gasteiger partial charge in [-0.25, -0.2) is 9.59 Å². The van der Waals surface area contributed by atoms with Crippen LogP contribution in [0.5, 0.6) is 0 Å². The van der Waals surface area contributed by atoms with Gasteiger partial charge < -0.3 is 9.84 Å². The summed E-state index contributed by atoms with van der Waals surface area (Å²) < 4.78 is 5.41. The smallest absolute Gasteiger partial charge is 0.411 e. The number of hydrogen-bond acceptors (Lipinski definition) is 3. The summed E-state index contributed by atoms with van der Waals surface area (Å²) >= 11 is 0. The minimum absolute atomic E-state index is 0.0266. The van der Waals surface area contributed by atoms with Gasteiger partial charge in [0.2, 0.25) is 0 Å². The molecule has 5 nitrogen and oxygen atoms in total. The summed E-state index contributed by atoms with van der Waals surface area (Å²) in [4.78, 5) is 25.7. The lowest BCUT2D eigenvalue weighted by Gasteiger charge is -2.28. The quantitative estimate of drug-likeness (QED) is 0.909. The van der Waals surface area contributed by atoms with Crippen LogP contribution in [0.25, 0.3) is 0 Å². The van der Waals surface area contributed by atoms with E-state index in [9.17, 15) is 14.7 Å². The van der Waals surface area contributed by atoms with Crippen LogP contribution in [0.4, 0.5) is 4.79 Å². The second-order valence-electron chi connectivity index (χ2n) is 8.37. The zero-order valence-electron chi connectivity index (χ0n) is 15.1. The second kappa shape index (κ2) is 6.70. The highest BCUT2D eigenvalue weighted by Gasteiger charge is 2.52. The van der Waals surface area contributed by atoms with Gasteiger partial charge in [-0.3, -0.25) is 4.90 Å². The van der Waals surface area contributed by atoms with E-state index < -0.39 is 23.7 Å². The topological polar surface area (TPSA) is 66.8 Å². The van der Waals surface area contributed by atoms with Crippen molar-refractivity contribution in [2.24, 2.45) is 17.8 Å². The van der Waals surface area contributed by atoms with Gasteiger partial charge in [-0.15, -0.1) is 0 Å². The molecule has 0 radical (unpaired) electrons. The first-order chi connectivity index (χ1) is 11.7. The van der Waals surface area contributed by atoms with Crippen LogP contribution in [0.15, 0.2) is 30.3 Å². The lowest BCUT2D eigenvalue weighted by molar-refractivity contribution is -0.143. The van der Waals surface area contributed by atoms with Gasteiger partial charge in [0.1, 0.15) is 11.6 Å². The maximum atomic E-state index is 12.4. The number of hydrogen-bond donors (Lipinski definition) is 1. The third kappa shape index (κ3) is 3.97. The molecule has 0 spiro atoms. The van der Waals surface area contributed by atoms with Gasteiger partial charge in [-0.1, -0.05) is 30.3 Å². The van der Waals surface area contributed by atoms with Crippen molar-refractivity contribution in [2.75, 3.05) is 6.54 Å². The van der Waals surface area contributed by atoms with Crippen LogP contribution in [0.2, 0.25) is 0 Å². The van der Waals surface area contributed by atoms with E-state index in [0.29, 0.717) is 12.5 Å². The first-order valence-corrected chi connectivity index (χ1v) is 9.01. The first-order valence-electron chi connectivity index (χ1n) is 9.01. The molecule has 0 bridgehead atoms. The van der Waals surface area contributed by atoms with Gasteiger partial charge >= 0.3 is 12.1 Å². The number of carboxylic acids is 1. The largest absolute Gasteiger partial charge is 0.480 e. The molecule has 1 heterocycles. The summed E-state index contributed by atoms with van der Waals surface area (Å²) in [6.07, 6.45) is 2.30. The minimum atomic E-state index is -0.918. The fourth-order valence-corrected chi connectivity index (χ4v) is 4.41. The van der Waals surface area contributed by atoms with Crippen LogP contribution >= 0.6 is 0 Å². The molecule has 1 aromatic rings. The fourth-order valence-electron chi connectivity index (χ4n) is 4.41. The molecule has 1 aliphatic heterocycles. The lowest BCUT2D eigenvalue weighted by Crippen LogP contribution is -2.45. The molecule has 1 saturated heterocycles. The number of benzene rings is 1. The van der Waals surface area contributed by atoms with E-state index in [-0.39, 0.29) is 11.8 Å². The average molecular weight is 345 g/mol. The maximum absolute atomic E-state index is 12.4. The number of carbonyl (C=O) groups excluding carboxylic acids is 1. The number of aliphatic carboxylic acids is 1. The number of carbonyl (C=O) groups is 2. The molecule has 3 rings (SSSR count). The highest BCUT2D eigenvalue weighted by Crippen LogP contribution is 2.46. The Morgan fingerprint density at radius 1 is 1.20 bits per heavy atom. The molecule has 0 aromatic heterocycles. The van der Waals surface area contributed by atoms with Crippen LogP contribution in [0.1, 0.15) is 39.2 Å². The molecule has 136 valence electrons. The Hall–Kier alpha value is -2.04. The molecular weight excluding hydrogens is 318 g/mol. The Bertz CT molecular complexity index is 637. The standard InChI is InChI=1S/C20H27NO4/c1-20(2,3)25-19(24)21-12-15-10-14(9-13-7-5-4-6-8-13)11-16(15)17(21)18(22)23/h4-8,14-17H,9-12H2,1-3H3,(H,22,23)/t14?,15-,16-,17?/m0/s1. The molecule has 2 aliphatic rings. The number of likely N-dealkylation sites (tertiary alicyclic amines) is 1. The van der Waals surface area contributed by atoms with Gasteiger partial charge in [-0.2, -0.15) is 0 Å². The summed E-state index contributed by atoms with van der Waals surface area (Å²) in [5.74, 6) is -0.153. The molecule has 1 aromatic carbocycles. The number of ether oxygens (including phenoxy) is 1. The second-order valence-corrected chi connectivity index (χ2v) is 8.37. The highest BCUT2D eigenvalue weighted by molar-refractivity contribution is 5.81. The average Bonchev–Trinajstić information content (AvgIpc) is 3.03. The Morgan fingerprint density at radius 3 is 2.48 bits per heavy atom. The minimum Gasteiger partial charge on any atom is -0.480 e. The number of nitrogens with zero attached hydrogens (tertiary/aromatic N) is 1. The third-order valence-electron chi connectivity index (χ3n) is 5.27. The predicted molar refractivity (Wildman–Crippen MR) is 94.2 cm³/mol. The molecule has 1 aliphatic carbocycles. The van der Waals surface area contributed by atoms with Crippen molar-refractivity contribution in [3.8, 4) is 0 Å². The zero-order chi connectivity index (χ0) is 18.2. The van der Waals surface area contributed by atoms with Gasteiger partial charge in [0, 0.05) is 6.54 Å². The normalized spacial score (nSPS) is 28.7. The maximum Gasteiger partial charge on any atom is 0.411 e. The Balaban J connectivity index is 1.68. The fraction of sp³-hybridized carbons (Fsp3) is 0.600. The number of fused-ring (bicyclic) bond motifs is 1. The molecule has 1 amide bonds. The van der Waals surface area contributed by atoms with Gasteiger partial charge in [0.15, 0.2) is 0 Å². The number of amides is 1. The van der Waals surface area contributed by atoms with E-state index >= 15 is 0 Å². The molecule has 2 fully saturated rings. The number of carboxylic acid groups (broad SMARTS) is 1. The Kier molecular flexibility index (Phi) is 4.76. The van der Waals surface area contributed by atoms with Gasteiger partial charge in [-0.05, 0) is 63.4 Å². The van der Waals surface area contributed by atoms with E-state index in [1.165, 1.54) is 10.5 Å². The summed E-state index contributed by atoms with van der Waals surface area (Å²) in [5, 5.41) is 9.70. The van der Waals surface area contributed by atoms with Crippen molar-refractivity contribution in [2.45, 2.75) is 51.7 Å². The van der Waals surface area contributed by atoms with E-state index in [4.69, 9.17) is 4.74 Å². The Labute approximate surface area is 149 Å². The molecule has 1 N–H and O–H groups in total. The molecular formula is C20H27NO4. The number of rotatable bonds is 3. The van der Waals surface area contributed by atoms with Crippen molar-refractivity contribution in [3.63, 3.8) is 0 Å². The molecule has 5 heteroatoms. The molecule has 1 saturated carbocycles. The van der Waals surface area contributed by atoms with Crippen LogP contribution in [0.3, 0.4) is 0 Å². The van der Waals surface area contributed by atoms with E-state index in [1.807, 2.05) is 18.2 Å². The SMILES string of the molecule is CC(C)(C)OC(=O)N1C[C@@H]2CC(Cc3ccccc3)C[C@@H]2C1C(=O)O. The molecule has 25 heavy (non-hydrogen) atoms. The highest BCUT2D eigenvalue weighted by atomic mass is 16.6. The van der Waals surface area contributed by atoms with E-state index in [0.717, 1.165) is 19.3 Å². The van der Waals surface area contributed by atoms with E-state index in [1.54, 1.807) is 20.8 Å².